The molecule has 0 unspecified atom stereocenters. The summed E-state index contributed by atoms with van der Waals surface area (Å²) in [6.45, 7) is 3.57. The van der Waals surface area contributed by atoms with Gasteiger partial charge in [0.25, 0.3) is 0 Å². The van der Waals surface area contributed by atoms with Gasteiger partial charge in [-0.3, -0.25) is 0 Å². The average Bonchev–Trinajstić information content (AvgIpc) is 2.76. The van der Waals surface area contributed by atoms with Gasteiger partial charge in [0.1, 0.15) is 15.6 Å². The maximum Gasteiger partial charge on any atom is 0.350 e. The van der Waals surface area contributed by atoms with E-state index in [-0.39, 0.29) is 0 Å². The summed E-state index contributed by atoms with van der Waals surface area (Å²) in [5.74, 6) is 0.152. The van der Waals surface area contributed by atoms with Gasteiger partial charge in [0.2, 0.25) is 0 Å². The van der Waals surface area contributed by atoms with Crippen LogP contribution in [0.3, 0.4) is 0 Å². The highest BCUT2D eigenvalue weighted by Gasteiger charge is 2.26. The molecule has 100 valence electrons. The van der Waals surface area contributed by atoms with E-state index in [9.17, 15) is 4.79 Å². The lowest BCUT2D eigenvalue weighted by atomic mass is 10.3. The molecule has 6 nitrogen and oxygen atoms in total. The zero-order valence-corrected chi connectivity index (χ0v) is 11.3. The quantitative estimate of drug-likeness (QED) is 0.781. The summed E-state index contributed by atoms with van der Waals surface area (Å²) in [5.41, 5.74) is 6.30. The van der Waals surface area contributed by atoms with Gasteiger partial charge in [-0.25, -0.2) is 4.79 Å². The average molecular weight is 271 g/mol. The minimum atomic E-state index is -0.419. The highest BCUT2D eigenvalue weighted by molar-refractivity contribution is 7.19. The fraction of sp³-hybridized carbons (Fsp3) is 0.545. The highest BCUT2D eigenvalue weighted by atomic mass is 32.1. The van der Waals surface area contributed by atoms with Crippen molar-refractivity contribution in [2.45, 2.75) is 0 Å². The number of esters is 1. The molecule has 0 atom stereocenters. The van der Waals surface area contributed by atoms with E-state index in [1.54, 1.807) is 7.11 Å². The number of hydrogen-bond acceptors (Lipinski definition) is 7. The number of methoxy groups -OCH3 is 2. The Morgan fingerprint density at radius 1 is 1.39 bits per heavy atom. The summed E-state index contributed by atoms with van der Waals surface area (Å²) in [6.07, 6.45) is 0. The molecular formula is C11H17N3O3S. The normalized spacial score (nSPS) is 15.6. The van der Waals surface area contributed by atoms with Crippen molar-refractivity contribution in [3.63, 3.8) is 0 Å². The van der Waals surface area contributed by atoms with Crippen LogP contribution in [-0.2, 0) is 4.74 Å². The van der Waals surface area contributed by atoms with Crippen molar-refractivity contribution in [2.75, 3.05) is 51.0 Å². The predicted molar refractivity (Wildman–Crippen MR) is 71.7 cm³/mol. The molecule has 1 fully saturated rings. The van der Waals surface area contributed by atoms with Gasteiger partial charge in [0.05, 0.1) is 14.2 Å². The van der Waals surface area contributed by atoms with Crippen molar-refractivity contribution < 1.29 is 14.3 Å². The van der Waals surface area contributed by atoms with Crippen molar-refractivity contribution in [3.8, 4) is 5.75 Å². The van der Waals surface area contributed by atoms with Crippen LogP contribution in [0.15, 0.2) is 0 Å². The van der Waals surface area contributed by atoms with Gasteiger partial charge in [-0.05, 0) is 0 Å². The molecule has 0 bridgehead atoms. The topological polar surface area (TPSA) is 76.8 Å². The molecule has 0 spiro atoms. The number of piperazine rings is 1. The number of ether oxygens (including phenoxy) is 2. The maximum atomic E-state index is 11.6. The van der Waals surface area contributed by atoms with Crippen LogP contribution in [0.4, 0.5) is 10.7 Å². The van der Waals surface area contributed by atoms with E-state index in [1.807, 2.05) is 0 Å². The van der Waals surface area contributed by atoms with Gasteiger partial charge in [-0.2, -0.15) is 0 Å². The fourth-order valence-electron chi connectivity index (χ4n) is 1.93. The Bertz CT molecular complexity index is 441. The zero-order valence-electron chi connectivity index (χ0n) is 10.5. The fourth-order valence-corrected chi connectivity index (χ4v) is 3.09. The Morgan fingerprint density at radius 2 is 2.06 bits per heavy atom. The molecule has 0 aromatic carbocycles. The molecule has 18 heavy (non-hydrogen) atoms. The first-order valence-electron chi connectivity index (χ1n) is 5.69. The summed E-state index contributed by atoms with van der Waals surface area (Å²) < 4.78 is 10.0. The zero-order chi connectivity index (χ0) is 13.1. The first kappa shape index (κ1) is 13.0. The van der Waals surface area contributed by atoms with Crippen molar-refractivity contribution in [1.82, 2.24) is 5.32 Å². The van der Waals surface area contributed by atoms with Crippen LogP contribution in [0.5, 0.6) is 5.75 Å². The molecule has 7 heteroatoms. The second kappa shape index (κ2) is 5.45. The van der Waals surface area contributed by atoms with E-state index in [1.165, 1.54) is 18.4 Å². The number of nitrogens with two attached hydrogens (primary N) is 1. The van der Waals surface area contributed by atoms with Crippen LogP contribution in [0, 0.1) is 0 Å². The van der Waals surface area contributed by atoms with Crippen LogP contribution in [0.25, 0.3) is 0 Å². The predicted octanol–water partition coefficient (Wildman–Crippen LogP) is 0.535. The van der Waals surface area contributed by atoms with Crippen molar-refractivity contribution in [2.24, 2.45) is 0 Å². The SMILES string of the molecule is COC(=O)c1sc(N2CCNCC2)c(OC)c1N. The van der Waals surface area contributed by atoms with E-state index < -0.39 is 5.97 Å². The molecule has 0 saturated carbocycles. The van der Waals surface area contributed by atoms with Gasteiger partial charge >= 0.3 is 5.97 Å². The van der Waals surface area contributed by atoms with Gasteiger partial charge in [0, 0.05) is 26.2 Å². The molecule has 1 aliphatic rings. The smallest absolute Gasteiger partial charge is 0.350 e. The number of rotatable bonds is 3. The standard InChI is InChI=1S/C11H17N3O3S/c1-16-8-7(12)9(11(15)17-2)18-10(8)14-5-3-13-4-6-14/h13H,3-6,12H2,1-2H3. The minimum absolute atomic E-state index is 0.364. The Morgan fingerprint density at radius 3 is 2.61 bits per heavy atom. The lowest BCUT2D eigenvalue weighted by Crippen LogP contribution is -2.43. The Balaban J connectivity index is 2.36. The summed E-state index contributed by atoms with van der Waals surface area (Å²) in [7, 11) is 2.91. The molecule has 1 aromatic heterocycles. The lowest BCUT2D eigenvalue weighted by molar-refractivity contribution is 0.0607. The minimum Gasteiger partial charge on any atom is -0.492 e. The van der Waals surface area contributed by atoms with Crippen molar-refractivity contribution in [3.05, 3.63) is 4.88 Å². The van der Waals surface area contributed by atoms with E-state index in [2.05, 4.69) is 10.2 Å². The van der Waals surface area contributed by atoms with Gasteiger partial charge in [0.15, 0.2) is 5.75 Å². The Labute approximate surface area is 110 Å². The third-order valence-corrected chi connectivity index (χ3v) is 4.09. The lowest BCUT2D eigenvalue weighted by Gasteiger charge is -2.28. The summed E-state index contributed by atoms with van der Waals surface area (Å²) in [5, 5.41) is 4.18. The molecule has 0 aliphatic carbocycles. The van der Waals surface area contributed by atoms with E-state index >= 15 is 0 Å². The number of nitrogens with zero attached hydrogens (tertiary/aromatic N) is 1. The molecule has 2 rings (SSSR count). The number of nitrogen functional groups attached to an aromatic ring is 1. The van der Waals surface area contributed by atoms with Crippen LogP contribution < -0.4 is 20.7 Å². The Kier molecular flexibility index (Phi) is 3.93. The third-order valence-electron chi connectivity index (χ3n) is 2.86. The van der Waals surface area contributed by atoms with Gasteiger partial charge in [-0.15, -0.1) is 11.3 Å². The van der Waals surface area contributed by atoms with Crippen LogP contribution in [0.2, 0.25) is 0 Å². The number of nitrogens with one attached hydrogen (secondary N) is 1. The number of hydrogen-bond donors (Lipinski definition) is 2. The maximum absolute atomic E-state index is 11.6. The van der Waals surface area contributed by atoms with E-state index in [0.29, 0.717) is 16.3 Å². The first-order valence-corrected chi connectivity index (χ1v) is 6.51. The molecule has 1 saturated heterocycles. The largest absolute Gasteiger partial charge is 0.492 e. The number of thiophene rings is 1. The Hall–Kier alpha value is -1.47. The van der Waals surface area contributed by atoms with Gasteiger partial charge in [-0.1, -0.05) is 0 Å². The molecular weight excluding hydrogens is 254 g/mol. The second-order valence-electron chi connectivity index (χ2n) is 3.91. The summed E-state index contributed by atoms with van der Waals surface area (Å²) >= 11 is 1.32. The summed E-state index contributed by atoms with van der Waals surface area (Å²) in [4.78, 5) is 14.2. The van der Waals surface area contributed by atoms with Crippen molar-refractivity contribution in [1.29, 1.82) is 0 Å². The first-order chi connectivity index (χ1) is 8.69. The monoisotopic (exact) mass is 271 g/mol. The van der Waals surface area contributed by atoms with Crippen LogP contribution >= 0.6 is 11.3 Å². The third kappa shape index (κ3) is 2.23. The number of anilines is 2. The number of carbonyl (C=O) groups excluding carboxylic acids is 1. The molecule has 1 aliphatic heterocycles. The van der Waals surface area contributed by atoms with Gasteiger partial charge < -0.3 is 25.4 Å². The molecule has 3 N–H and O–H groups in total. The van der Waals surface area contributed by atoms with E-state index in [4.69, 9.17) is 15.2 Å². The molecule has 0 radical (unpaired) electrons. The van der Waals surface area contributed by atoms with Crippen LogP contribution in [-0.4, -0.2) is 46.4 Å². The summed E-state index contributed by atoms with van der Waals surface area (Å²) in [6, 6.07) is 0. The molecule has 2 heterocycles. The second-order valence-corrected chi connectivity index (χ2v) is 4.91. The molecule has 0 amide bonds. The number of carbonyl (C=O) groups is 1. The molecule has 1 aromatic rings. The van der Waals surface area contributed by atoms with E-state index in [0.717, 1.165) is 31.2 Å². The highest BCUT2D eigenvalue weighted by Crippen LogP contribution is 2.44. The van der Waals surface area contributed by atoms with Crippen molar-refractivity contribution >= 4 is 28.0 Å². The van der Waals surface area contributed by atoms with Crippen LogP contribution in [0.1, 0.15) is 9.67 Å².